The summed E-state index contributed by atoms with van der Waals surface area (Å²) < 4.78 is 0. The van der Waals surface area contributed by atoms with Crippen LogP contribution in [0.1, 0.15) is 37.2 Å². The van der Waals surface area contributed by atoms with E-state index in [0.717, 1.165) is 45.6 Å². The maximum atomic E-state index is 12.8. The Labute approximate surface area is 154 Å². The van der Waals surface area contributed by atoms with E-state index in [2.05, 4.69) is 45.9 Å². The van der Waals surface area contributed by atoms with Crippen LogP contribution in [-0.4, -0.2) is 66.5 Å². The van der Waals surface area contributed by atoms with Gasteiger partial charge in [-0.1, -0.05) is 30.3 Å². The molecule has 3 amide bonds. The zero-order valence-electron chi connectivity index (χ0n) is 15.2. The van der Waals surface area contributed by atoms with Crippen molar-refractivity contribution in [3.05, 3.63) is 35.9 Å². The first-order valence-corrected chi connectivity index (χ1v) is 9.80. The van der Waals surface area contributed by atoms with Crippen LogP contribution in [0.2, 0.25) is 0 Å². The van der Waals surface area contributed by atoms with Gasteiger partial charge in [0, 0.05) is 13.1 Å². The summed E-state index contributed by atoms with van der Waals surface area (Å²) in [4.78, 5) is 28.9. The Morgan fingerprint density at radius 3 is 2.38 bits per heavy atom. The second-order valence-corrected chi connectivity index (χ2v) is 7.75. The van der Waals surface area contributed by atoms with Gasteiger partial charge in [0.15, 0.2) is 0 Å². The number of rotatable bonds is 4. The lowest BCUT2D eigenvalue weighted by Crippen LogP contribution is -2.54. The summed E-state index contributed by atoms with van der Waals surface area (Å²) in [5, 5.41) is 6.22. The first kappa shape index (κ1) is 17.5. The van der Waals surface area contributed by atoms with Crippen molar-refractivity contribution in [3.63, 3.8) is 0 Å². The van der Waals surface area contributed by atoms with Crippen molar-refractivity contribution in [3.8, 4) is 0 Å². The van der Waals surface area contributed by atoms with Crippen molar-refractivity contribution in [1.82, 2.24) is 20.4 Å². The third-order valence-electron chi connectivity index (χ3n) is 6.20. The number of benzene rings is 1. The summed E-state index contributed by atoms with van der Waals surface area (Å²) in [6, 6.07) is 10.5. The molecule has 1 aromatic carbocycles. The van der Waals surface area contributed by atoms with Crippen LogP contribution >= 0.6 is 0 Å². The molecule has 0 aliphatic carbocycles. The zero-order valence-corrected chi connectivity index (χ0v) is 15.2. The number of hydrogen-bond acceptors (Lipinski definition) is 4. The molecule has 0 bridgehead atoms. The van der Waals surface area contributed by atoms with E-state index in [-0.39, 0.29) is 11.9 Å². The first-order valence-electron chi connectivity index (χ1n) is 9.80. The predicted molar refractivity (Wildman–Crippen MR) is 99.9 cm³/mol. The van der Waals surface area contributed by atoms with E-state index in [0.29, 0.717) is 25.3 Å². The normalized spacial score (nSPS) is 24.2. The van der Waals surface area contributed by atoms with Crippen molar-refractivity contribution in [1.29, 1.82) is 0 Å². The van der Waals surface area contributed by atoms with Gasteiger partial charge in [-0.2, -0.15) is 0 Å². The molecule has 3 saturated heterocycles. The molecule has 1 spiro atoms. The maximum Gasteiger partial charge on any atom is 0.325 e. The molecule has 0 aromatic heterocycles. The monoisotopic (exact) mass is 356 g/mol. The Kier molecular flexibility index (Phi) is 4.96. The summed E-state index contributed by atoms with van der Waals surface area (Å²) in [5.74, 6) is 0.602. The van der Waals surface area contributed by atoms with E-state index < -0.39 is 5.54 Å². The fourth-order valence-electron chi connectivity index (χ4n) is 4.53. The average Bonchev–Trinajstić information content (AvgIpc) is 2.91. The standard InChI is InChI=1S/C20H28N4O2/c25-18-20(8-10-21-11-9-20)22-19(26)24(18)15-14-23-12-6-17(7-13-23)16-4-2-1-3-5-16/h1-5,17,21H,6-15H2,(H,22,26). The second kappa shape index (κ2) is 7.37. The summed E-state index contributed by atoms with van der Waals surface area (Å²) >= 11 is 0. The lowest BCUT2D eigenvalue weighted by Gasteiger charge is -2.33. The van der Waals surface area contributed by atoms with Gasteiger partial charge in [0.2, 0.25) is 0 Å². The maximum absolute atomic E-state index is 12.8. The molecule has 140 valence electrons. The number of carbonyl (C=O) groups is 2. The van der Waals surface area contributed by atoms with Crippen molar-refractivity contribution in [2.75, 3.05) is 39.3 Å². The van der Waals surface area contributed by atoms with Crippen molar-refractivity contribution >= 4 is 11.9 Å². The number of amides is 3. The molecular formula is C20H28N4O2. The van der Waals surface area contributed by atoms with Crippen LogP contribution in [-0.2, 0) is 4.79 Å². The smallest absolute Gasteiger partial charge is 0.323 e. The van der Waals surface area contributed by atoms with E-state index >= 15 is 0 Å². The van der Waals surface area contributed by atoms with Crippen LogP contribution in [0.15, 0.2) is 30.3 Å². The van der Waals surface area contributed by atoms with Crippen LogP contribution in [0, 0.1) is 0 Å². The molecule has 3 aliphatic heterocycles. The van der Waals surface area contributed by atoms with Gasteiger partial charge in [-0.15, -0.1) is 0 Å². The van der Waals surface area contributed by atoms with E-state index in [1.807, 2.05) is 0 Å². The van der Waals surface area contributed by atoms with Crippen LogP contribution in [0.3, 0.4) is 0 Å². The number of hydrogen-bond donors (Lipinski definition) is 2. The highest BCUT2D eigenvalue weighted by molar-refractivity contribution is 6.07. The number of carbonyl (C=O) groups excluding carboxylic acids is 2. The SMILES string of the molecule is O=C1NC2(CCNCC2)C(=O)N1CCN1CCC(c2ccccc2)CC1. The molecule has 1 aromatic rings. The highest BCUT2D eigenvalue weighted by Gasteiger charge is 2.51. The lowest BCUT2D eigenvalue weighted by molar-refractivity contribution is -0.132. The predicted octanol–water partition coefficient (Wildman–Crippen LogP) is 1.54. The molecule has 3 aliphatic rings. The molecule has 0 radical (unpaired) electrons. The topological polar surface area (TPSA) is 64.7 Å². The van der Waals surface area contributed by atoms with Gasteiger partial charge in [0.1, 0.15) is 5.54 Å². The Morgan fingerprint density at radius 2 is 1.69 bits per heavy atom. The Balaban J connectivity index is 1.28. The fourth-order valence-corrected chi connectivity index (χ4v) is 4.53. The summed E-state index contributed by atoms with van der Waals surface area (Å²) in [6.07, 6.45) is 3.66. The molecule has 3 heterocycles. The Bertz CT molecular complexity index is 649. The first-order chi connectivity index (χ1) is 12.7. The van der Waals surface area contributed by atoms with Crippen molar-refractivity contribution in [2.45, 2.75) is 37.1 Å². The van der Waals surface area contributed by atoms with Crippen LogP contribution < -0.4 is 10.6 Å². The zero-order chi connectivity index (χ0) is 18.0. The second-order valence-electron chi connectivity index (χ2n) is 7.75. The van der Waals surface area contributed by atoms with Crippen molar-refractivity contribution in [2.24, 2.45) is 0 Å². The number of urea groups is 1. The molecule has 6 nitrogen and oxygen atoms in total. The molecule has 0 saturated carbocycles. The van der Waals surface area contributed by atoms with E-state index in [1.54, 1.807) is 0 Å². The summed E-state index contributed by atoms with van der Waals surface area (Å²) in [5.41, 5.74) is 0.775. The lowest BCUT2D eigenvalue weighted by atomic mass is 9.88. The molecule has 0 unspecified atom stereocenters. The number of piperidine rings is 2. The minimum atomic E-state index is -0.650. The molecule has 26 heavy (non-hydrogen) atoms. The van der Waals surface area contributed by atoms with Crippen LogP contribution in [0.25, 0.3) is 0 Å². The van der Waals surface area contributed by atoms with Gasteiger partial charge >= 0.3 is 6.03 Å². The molecule has 2 N–H and O–H groups in total. The van der Waals surface area contributed by atoms with Crippen LogP contribution in [0.5, 0.6) is 0 Å². The largest absolute Gasteiger partial charge is 0.325 e. The van der Waals surface area contributed by atoms with E-state index in [1.165, 1.54) is 10.5 Å². The van der Waals surface area contributed by atoms with Gasteiger partial charge in [-0.3, -0.25) is 9.69 Å². The van der Waals surface area contributed by atoms with Gasteiger partial charge < -0.3 is 15.5 Å². The molecule has 0 atom stereocenters. The van der Waals surface area contributed by atoms with Crippen molar-refractivity contribution < 1.29 is 9.59 Å². The highest BCUT2D eigenvalue weighted by Crippen LogP contribution is 2.29. The molecule has 6 heteroatoms. The Morgan fingerprint density at radius 1 is 1.00 bits per heavy atom. The van der Waals surface area contributed by atoms with Gasteiger partial charge in [-0.25, -0.2) is 4.79 Å². The molecule has 3 fully saturated rings. The van der Waals surface area contributed by atoms with E-state index in [9.17, 15) is 9.59 Å². The average molecular weight is 356 g/mol. The third-order valence-corrected chi connectivity index (χ3v) is 6.20. The quantitative estimate of drug-likeness (QED) is 0.804. The number of imide groups is 1. The minimum Gasteiger partial charge on any atom is -0.323 e. The Hall–Kier alpha value is -1.92. The molecular weight excluding hydrogens is 328 g/mol. The van der Waals surface area contributed by atoms with Gasteiger partial charge in [0.25, 0.3) is 5.91 Å². The van der Waals surface area contributed by atoms with Crippen LogP contribution in [0.4, 0.5) is 4.79 Å². The number of nitrogens with zero attached hydrogens (tertiary/aromatic N) is 2. The summed E-state index contributed by atoms with van der Waals surface area (Å²) in [6.45, 7) is 4.89. The summed E-state index contributed by atoms with van der Waals surface area (Å²) in [7, 11) is 0. The number of nitrogens with one attached hydrogen (secondary N) is 2. The van der Waals surface area contributed by atoms with Gasteiger partial charge in [-0.05, 0) is 63.3 Å². The van der Waals surface area contributed by atoms with Gasteiger partial charge in [0.05, 0.1) is 0 Å². The fraction of sp³-hybridized carbons (Fsp3) is 0.600. The molecule has 4 rings (SSSR count). The third kappa shape index (κ3) is 3.35. The van der Waals surface area contributed by atoms with E-state index in [4.69, 9.17) is 0 Å². The minimum absolute atomic E-state index is 0.0248. The number of likely N-dealkylation sites (tertiary alicyclic amines) is 1. The highest BCUT2D eigenvalue weighted by atomic mass is 16.2.